The van der Waals surface area contributed by atoms with Crippen molar-refractivity contribution in [2.45, 2.75) is 0 Å². The summed E-state index contributed by atoms with van der Waals surface area (Å²) in [5.74, 6) is 0.230. The Balaban J connectivity index is 2.03. The van der Waals surface area contributed by atoms with Crippen molar-refractivity contribution in [3.8, 4) is 22.8 Å². The molecule has 0 saturated carbocycles. The highest BCUT2D eigenvalue weighted by Gasteiger charge is 2.14. The average molecular weight is 369 g/mol. The van der Waals surface area contributed by atoms with E-state index in [9.17, 15) is 4.39 Å². The van der Waals surface area contributed by atoms with Crippen molar-refractivity contribution in [2.75, 3.05) is 5.73 Å². The van der Waals surface area contributed by atoms with Gasteiger partial charge in [-0.25, -0.2) is 4.39 Å². The molecule has 0 saturated heterocycles. The second kappa shape index (κ2) is 5.46. The van der Waals surface area contributed by atoms with Gasteiger partial charge in [0.05, 0.1) is 15.1 Å². The van der Waals surface area contributed by atoms with Crippen LogP contribution < -0.4 is 5.73 Å². The lowest BCUT2D eigenvalue weighted by Gasteiger charge is -1.99. The minimum absolute atomic E-state index is 0.253. The highest BCUT2D eigenvalue weighted by Crippen LogP contribution is 2.30. The highest BCUT2D eigenvalue weighted by molar-refractivity contribution is 9.10. The van der Waals surface area contributed by atoms with Crippen LogP contribution in [-0.4, -0.2) is 10.1 Å². The summed E-state index contributed by atoms with van der Waals surface area (Å²) in [5, 5.41) is 4.33. The molecule has 0 atom stereocenters. The molecule has 21 heavy (non-hydrogen) atoms. The van der Waals surface area contributed by atoms with E-state index in [-0.39, 0.29) is 11.7 Å². The zero-order chi connectivity index (χ0) is 15.0. The first-order chi connectivity index (χ1) is 10.0. The van der Waals surface area contributed by atoms with E-state index in [0.29, 0.717) is 32.1 Å². The highest BCUT2D eigenvalue weighted by atomic mass is 79.9. The second-order valence-corrected chi connectivity index (χ2v) is 5.55. The van der Waals surface area contributed by atoms with Crippen molar-refractivity contribution in [2.24, 2.45) is 0 Å². The number of rotatable bonds is 2. The van der Waals surface area contributed by atoms with Crippen LogP contribution in [0.1, 0.15) is 0 Å². The molecule has 0 fully saturated rings. The third-order valence-electron chi connectivity index (χ3n) is 2.82. The maximum atomic E-state index is 13.2. The molecule has 0 aliphatic carbocycles. The lowest BCUT2D eigenvalue weighted by molar-refractivity contribution is 0.432. The number of halogens is 3. The first-order valence-corrected chi connectivity index (χ1v) is 7.06. The number of nitrogens with two attached hydrogens (primary N) is 1. The maximum absolute atomic E-state index is 13.2. The molecule has 0 aliphatic rings. The summed E-state index contributed by atoms with van der Waals surface area (Å²) in [7, 11) is 0. The van der Waals surface area contributed by atoms with E-state index >= 15 is 0 Å². The average Bonchev–Trinajstić information content (AvgIpc) is 2.94. The molecule has 7 heteroatoms. The third kappa shape index (κ3) is 2.77. The van der Waals surface area contributed by atoms with Gasteiger partial charge >= 0.3 is 0 Å². The quantitative estimate of drug-likeness (QED) is 0.674. The van der Waals surface area contributed by atoms with Gasteiger partial charge in [0, 0.05) is 11.3 Å². The Hall–Kier alpha value is -1.92. The third-order valence-corrected chi connectivity index (χ3v) is 3.76. The molecule has 0 aliphatic heterocycles. The molecule has 0 amide bonds. The number of anilines is 1. The van der Waals surface area contributed by atoms with E-state index in [4.69, 9.17) is 21.9 Å². The van der Waals surface area contributed by atoms with Crippen molar-refractivity contribution in [1.82, 2.24) is 10.1 Å². The second-order valence-electron chi connectivity index (χ2n) is 4.29. The minimum atomic E-state index is -0.360. The number of nitrogen functional groups attached to an aromatic ring is 1. The Morgan fingerprint density at radius 1 is 1.19 bits per heavy atom. The van der Waals surface area contributed by atoms with E-state index in [1.54, 1.807) is 30.3 Å². The van der Waals surface area contributed by atoms with E-state index in [0.717, 1.165) is 0 Å². The zero-order valence-corrected chi connectivity index (χ0v) is 12.8. The summed E-state index contributed by atoms with van der Waals surface area (Å²) in [5.41, 5.74) is 7.44. The normalized spacial score (nSPS) is 10.8. The van der Waals surface area contributed by atoms with Crippen LogP contribution in [0.5, 0.6) is 0 Å². The molecule has 4 nitrogen and oxygen atoms in total. The van der Waals surface area contributed by atoms with Crippen LogP contribution in [0.3, 0.4) is 0 Å². The van der Waals surface area contributed by atoms with Gasteiger partial charge in [0.2, 0.25) is 5.82 Å². The summed E-state index contributed by atoms with van der Waals surface area (Å²) in [4.78, 5) is 4.26. The van der Waals surface area contributed by atoms with Gasteiger partial charge in [0.25, 0.3) is 5.89 Å². The van der Waals surface area contributed by atoms with Gasteiger partial charge < -0.3 is 10.3 Å². The van der Waals surface area contributed by atoms with Crippen LogP contribution in [0.4, 0.5) is 10.1 Å². The van der Waals surface area contributed by atoms with Crippen LogP contribution in [-0.2, 0) is 0 Å². The number of hydrogen-bond donors (Lipinski definition) is 1. The molecule has 0 unspecified atom stereocenters. The fourth-order valence-electron chi connectivity index (χ4n) is 1.79. The smallest absolute Gasteiger partial charge is 0.259 e. The van der Waals surface area contributed by atoms with E-state index in [1.807, 2.05) is 0 Å². The maximum Gasteiger partial charge on any atom is 0.259 e. The predicted octanol–water partition coefficient (Wildman–Crippen LogP) is 4.54. The van der Waals surface area contributed by atoms with Gasteiger partial charge in [-0.1, -0.05) is 16.8 Å². The summed E-state index contributed by atoms with van der Waals surface area (Å²) in [6.07, 6.45) is 0. The minimum Gasteiger partial charge on any atom is -0.399 e. The number of aromatic nitrogens is 2. The molecule has 2 N–H and O–H groups in total. The number of hydrogen-bond acceptors (Lipinski definition) is 4. The van der Waals surface area contributed by atoms with Crippen LogP contribution in [0, 0.1) is 5.82 Å². The molecular weight excluding hydrogens is 361 g/mol. The molecule has 3 aromatic rings. The molecule has 0 bridgehead atoms. The lowest BCUT2D eigenvalue weighted by Crippen LogP contribution is -1.87. The van der Waals surface area contributed by atoms with Crippen LogP contribution in [0.2, 0.25) is 5.02 Å². The number of benzene rings is 2. The topological polar surface area (TPSA) is 64.9 Å². The first kappa shape index (κ1) is 14.0. The molecule has 1 aromatic heterocycles. The van der Waals surface area contributed by atoms with E-state index in [2.05, 4.69) is 26.1 Å². The summed E-state index contributed by atoms with van der Waals surface area (Å²) < 4.78 is 18.8. The Kier molecular flexibility index (Phi) is 3.65. The molecular formula is C14H8BrClFN3O. The molecule has 0 spiro atoms. The molecule has 2 aromatic carbocycles. The fraction of sp³-hybridized carbons (Fsp3) is 0. The molecule has 1 heterocycles. The van der Waals surface area contributed by atoms with Crippen molar-refractivity contribution >= 4 is 33.2 Å². The number of nitrogens with zero attached hydrogens (tertiary/aromatic N) is 2. The van der Waals surface area contributed by atoms with Crippen LogP contribution in [0.25, 0.3) is 22.8 Å². The van der Waals surface area contributed by atoms with E-state index < -0.39 is 0 Å². The summed E-state index contributed by atoms with van der Waals surface area (Å²) >= 11 is 9.21. The summed E-state index contributed by atoms with van der Waals surface area (Å²) in [6.45, 7) is 0. The van der Waals surface area contributed by atoms with Crippen molar-refractivity contribution in [3.05, 3.63) is 51.7 Å². The fourth-order valence-corrected chi connectivity index (χ4v) is 2.37. The van der Waals surface area contributed by atoms with Gasteiger partial charge in [0.1, 0.15) is 5.82 Å². The first-order valence-electron chi connectivity index (χ1n) is 5.89. The lowest BCUT2D eigenvalue weighted by atomic mass is 10.2. The van der Waals surface area contributed by atoms with Gasteiger partial charge in [0.15, 0.2) is 0 Å². The van der Waals surface area contributed by atoms with E-state index in [1.165, 1.54) is 6.07 Å². The van der Waals surface area contributed by atoms with Gasteiger partial charge in [-0.2, -0.15) is 4.98 Å². The summed E-state index contributed by atoms with van der Waals surface area (Å²) in [6, 6.07) is 9.45. The van der Waals surface area contributed by atoms with Crippen molar-refractivity contribution in [1.29, 1.82) is 0 Å². The van der Waals surface area contributed by atoms with Crippen LogP contribution in [0.15, 0.2) is 45.4 Å². The predicted molar refractivity (Wildman–Crippen MR) is 82.3 cm³/mol. The van der Waals surface area contributed by atoms with Gasteiger partial charge in [-0.15, -0.1) is 0 Å². The van der Waals surface area contributed by atoms with Crippen molar-refractivity contribution in [3.63, 3.8) is 0 Å². The SMILES string of the molecule is Nc1ccc(Cl)c(-c2nc(-c3ccc(F)c(Br)c3)no2)c1. The van der Waals surface area contributed by atoms with Crippen LogP contribution >= 0.6 is 27.5 Å². The Bertz CT molecular complexity index is 822. The Morgan fingerprint density at radius 2 is 2.00 bits per heavy atom. The van der Waals surface area contributed by atoms with Gasteiger partial charge in [-0.05, 0) is 52.3 Å². The standard InChI is InChI=1S/C14H8BrClFN3O/c15-10-5-7(1-4-12(10)17)13-19-14(21-20-13)9-6-8(18)2-3-11(9)16/h1-6H,18H2. The Labute approximate surface area is 132 Å². The monoisotopic (exact) mass is 367 g/mol. The molecule has 106 valence electrons. The van der Waals surface area contributed by atoms with Crippen molar-refractivity contribution < 1.29 is 8.91 Å². The van der Waals surface area contributed by atoms with Gasteiger partial charge in [-0.3, -0.25) is 0 Å². The Morgan fingerprint density at radius 3 is 2.76 bits per heavy atom. The molecule has 0 radical (unpaired) electrons. The largest absolute Gasteiger partial charge is 0.399 e. The molecule has 3 rings (SSSR count). The zero-order valence-electron chi connectivity index (χ0n) is 10.5.